The molecule has 2 aromatic rings. The Morgan fingerprint density at radius 1 is 1.29 bits per heavy atom. The van der Waals surface area contributed by atoms with Crippen LogP contribution in [0.5, 0.6) is 0 Å². The van der Waals surface area contributed by atoms with Crippen molar-refractivity contribution in [2.24, 2.45) is 7.05 Å². The second kappa shape index (κ2) is 5.51. The van der Waals surface area contributed by atoms with Gasteiger partial charge in [-0.3, -0.25) is 9.59 Å². The maximum absolute atomic E-state index is 12.4. The molecule has 0 aliphatic carbocycles. The summed E-state index contributed by atoms with van der Waals surface area (Å²) < 4.78 is 3.26. The van der Waals surface area contributed by atoms with Crippen LogP contribution in [0.15, 0.2) is 35.5 Å². The van der Waals surface area contributed by atoms with E-state index in [2.05, 4.69) is 10.3 Å². The highest BCUT2D eigenvalue weighted by molar-refractivity contribution is 5.93. The third-order valence-corrected chi connectivity index (χ3v) is 3.92. The minimum Gasteiger partial charge on any atom is -0.338 e. The van der Waals surface area contributed by atoms with E-state index in [1.165, 1.54) is 4.57 Å². The number of amides is 1. The van der Waals surface area contributed by atoms with E-state index >= 15 is 0 Å². The Morgan fingerprint density at radius 2 is 2.05 bits per heavy atom. The number of pyridine rings is 1. The average Bonchev–Trinajstić information content (AvgIpc) is 3.04. The number of likely N-dealkylation sites (tertiary alicyclic amines) is 1. The number of carbonyl (C=O) groups is 1. The molecule has 0 saturated carbocycles. The molecule has 0 N–H and O–H groups in total. The van der Waals surface area contributed by atoms with E-state index in [1.807, 2.05) is 10.9 Å². The molecule has 1 amide bonds. The molecule has 21 heavy (non-hydrogen) atoms. The summed E-state index contributed by atoms with van der Waals surface area (Å²) in [4.78, 5) is 26.2. The van der Waals surface area contributed by atoms with Crippen LogP contribution in [0.4, 0.5) is 0 Å². The largest absolute Gasteiger partial charge is 0.338 e. The van der Waals surface area contributed by atoms with E-state index in [-0.39, 0.29) is 23.1 Å². The highest BCUT2D eigenvalue weighted by atomic mass is 16.2. The summed E-state index contributed by atoms with van der Waals surface area (Å²) in [5.74, 6) is -0.187. The quantitative estimate of drug-likeness (QED) is 0.804. The molecule has 0 radical (unpaired) electrons. The van der Waals surface area contributed by atoms with Crippen molar-refractivity contribution >= 4 is 5.91 Å². The monoisotopic (exact) mass is 287 g/mol. The number of aryl methyl sites for hydroxylation is 1. The molecule has 0 bridgehead atoms. The van der Waals surface area contributed by atoms with Crippen molar-refractivity contribution in [3.63, 3.8) is 0 Å². The van der Waals surface area contributed by atoms with Crippen LogP contribution in [-0.2, 0) is 7.05 Å². The van der Waals surface area contributed by atoms with Crippen LogP contribution in [0.2, 0.25) is 0 Å². The van der Waals surface area contributed by atoms with Gasteiger partial charge in [-0.15, -0.1) is 5.10 Å². The van der Waals surface area contributed by atoms with Crippen molar-refractivity contribution in [2.75, 3.05) is 13.1 Å². The van der Waals surface area contributed by atoms with Crippen molar-refractivity contribution in [1.29, 1.82) is 0 Å². The molecule has 3 heterocycles. The van der Waals surface area contributed by atoms with Crippen molar-refractivity contribution < 1.29 is 4.79 Å². The van der Waals surface area contributed by atoms with Gasteiger partial charge in [0.2, 0.25) is 0 Å². The number of nitrogens with zero attached hydrogens (tertiary/aromatic N) is 5. The molecule has 7 nitrogen and oxygen atoms in total. The van der Waals surface area contributed by atoms with Crippen LogP contribution in [0.1, 0.15) is 29.2 Å². The van der Waals surface area contributed by atoms with E-state index in [0.29, 0.717) is 13.1 Å². The minimum atomic E-state index is -0.249. The van der Waals surface area contributed by atoms with Crippen molar-refractivity contribution in [3.8, 4) is 0 Å². The average molecular weight is 287 g/mol. The molecule has 1 aliphatic heterocycles. The van der Waals surface area contributed by atoms with Crippen molar-refractivity contribution in [3.05, 3.63) is 46.6 Å². The normalized spacial score (nSPS) is 16.1. The minimum absolute atomic E-state index is 0.187. The number of hydrogen-bond acceptors (Lipinski definition) is 4. The van der Waals surface area contributed by atoms with Gasteiger partial charge in [-0.1, -0.05) is 5.21 Å². The van der Waals surface area contributed by atoms with Gasteiger partial charge in [0.1, 0.15) is 5.56 Å². The maximum Gasteiger partial charge on any atom is 0.263 e. The Morgan fingerprint density at radius 3 is 2.71 bits per heavy atom. The summed E-state index contributed by atoms with van der Waals surface area (Å²) in [5.41, 5.74) is -0.0138. The van der Waals surface area contributed by atoms with Crippen LogP contribution in [-0.4, -0.2) is 43.5 Å². The van der Waals surface area contributed by atoms with Gasteiger partial charge in [0, 0.05) is 32.5 Å². The Kier molecular flexibility index (Phi) is 3.55. The van der Waals surface area contributed by atoms with E-state index in [4.69, 9.17) is 0 Å². The Balaban J connectivity index is 1.71. The lowest BCUT2D eigenvalue weighted by atomic mass is 10.0. The van der Waals surface area contributed by atoms with Gasteiger partial charge >= 0.3 is 0 Å². The van der Waals surface area contributed by atoms with Crippen LogP contribution in [0.3, 0.4) is 0 Å². The maximum atomic E-state index is 12.4. The van der Waals surface area contributed by atoms with Crippen molar-refractivity contribution in [1.82, 2.24) is 24.5 Å². The van der Waals surface area contributed by atoms with Gasteiger partial charge in [-0.2, -0.15) is 0 Å². The smallest absolute Gasteiger partial charge is 0.263 e. The summed E-state index contributed by atoms with van der Waals surface area (Å²) in [6.07, 6.45) is 6.79. The first-order valence-electron chi connectivity index (χ1n) is 6.97. The van der Waals surface area contributed by atoms with Gasteiger partial charge in [0.15, 0.2) is 0 Å². The molecule has 110 valence electrons. The molecule has 0 aromatic carbocycles. The number of carbonyl (C=O) groups excluding carboxylic acids is 1. The molecule has 3 rings (SSSR count). The predicted octanol–water partition coefficient (Wildman–Crippen LogP) is 0.454. The molecule has 1 fully saturated rings. The van der Waals surface area contributed by atoms with Crippen molar-refractivity contribution in [2.45, 2.75) is 18.9 Å². The number of rotatable bonds is 2. The fraction of sp³-hybridized carbons (Fsp3) is 0.429. The van der Waals surface area contributed by atoms with E-state index in [0.717, 1.165) is 12.8 Å². The zero-order chi connectivity index (χ0) is 14.8. The summed E-state index contributed by atoms with van der Waals surface area (Å²) in [6.45, 7) is 1.25. The van der Waals surface area contributed by atoms with Crippen LogP contribution >= 0.6 is 0 Å². The molecule has 0 atom stereocenters. The summed E-state index contributed by atoms with van der Waals surface area (Å²) in [5, 5.41) is 7.81. The first kappa shape index (κ1) is 13.5. The van der Waals surface area contributed by atoms with E-state index < -0.39 is 0 Å². The Bertz CT molecular complexity index is 684. The van der Waals surface area contributed by atoms with Crippen LogP contribution < -0.4 is 5.56 Å². The highest BCUT2D eigenvalue weighted by Gasteiger charge is 2.26. The predicted molar refractivity (Wildman–Crippen MR) is 75.9 cm³/mol. The highest BCUT2D eigenvalue weighted by Crippen LogP contribution is 2.21. The SMILES string of the molecule is Cn1cccc(C(=O)N2CCC(n3ccnn3)CC2)c1=O. The summed E-state index contributed by atoms with van der Waals surface area (Å²) in [6, 6.07) is 3.58. The number of piperidine rings is 1. The molecule has 7 heteroatoms. The molecule has 0 unspecified atom stereocenters. The molecule has 1 aliphatic rings. The van der Waals surface area contributed by atoms with E-state index in [9.17, 15) is 9.59 Å². The molecular weight excluding hydrogens is 270 g/mol. The van der Waals surface area contributed by atoms with Crippen LogP contribution in [0, 0.1) is 0 Å². The summed E-state index contributed by atoms with van der Waals surface area (Å²) in [7, 11) is 1.65. The van der Waals surface area contributed by atoms with Gasteiger partial charge < -0.3 is 9.47 Å². The molecule has 0 spiro atoms. The lowest BCUT2D eigenvalue weighted by molar-refractivity contribution is 0.0687. The van der Waals surface area contributed by atoms with Gasteiger partial charge in [-0.05, 0) is 25.0 Å². The second-order valence-corrected chi connectivity index (χ2v) is 5.24. The Labute approximate surface area is 121 Å². The number of aromatic nitrogens is 4. The summed E-state index contributed by atoms with van der Waals surface area (Å²) >= 11 is 0. The molecule has 1 saturated heterocycles. The third-order valence-electron chi connectivity index (χ3n) is 3.92. The first-order chi connectivity index (χ1) is 10.2. The fourth-order valence-electron chi connectivity index (χ4n) is 2.68. The second-order valence-electron chi connectivity index (χ2n) is 5.24. The Hall–Kier alpha value is -2.44. The molecular formula is C14H17N5O2. The molecule has 2 aromatic heterocycles. The van der Waals surface area contributed by atoms with Gasteiger partial charge in [0.25, 0.3) is 11.5 Å². The number of hydrogen-bond donors (Lipinski definition) is 0. The first-order valence-corrected chi connectivity index (χ1v) is 6.97. The lowest BCUT2D eigenvalue weighted by Gasteiger charge is -2.31. The van der Waals surface area contributed by atoms with E-state index in [1.54, 1.807) is 36.5 Å². The standard InChI is InChI=1S/C14H17N5O2/c1-17-7-2-3-12(13(17)20)14(21)18-8-4-11(5-9-18)19-10-6-15-16-19/h2-3,6-7,10-11H,4-5,8-9H2,1H3. The zero-order valence-electron chi connectivity index (χ0n) is 11.8. The van der Waals surface area contributed by atoms with Gasteiger partial charge in [0.05, 0.1) is 12.2 Å². The topological polar surface area (TPSA) is 73.0 Å². The third kappa shape index (κ3) is 2.58. The fourth-order valence-corrected chi connectivity index (χ4v) is 2.68. The van der Waals surface area contributed by atoms with Crippen LogP contribution in [0.25, 0.3) is 0 Å². The van der Waals surface area contributed by atoms with Gasteiger partial charge in [-0.25, -0.2) is 4.68 Å². The lowest BCUT2D eigenvalue weighted by Crippen LogP contribution is -2.41. The zero-order valence-corrected chi connectivity index (χ0v) is 11.8.